The van der Waals surface area contributed by atoms with Crippen molar-refractivity contribution in [2.75, 3.05) is 47.3 Å². The van der Waals surface area contributed by atoms with Crippen LogP contribution in [0.1, 0.15) is 6.42 Å². The van der Waals surface area contributed by atoms with E-state index in [1.165, 1.54) is 0 Å². The summed E-state index contributed by atoms with van der Waals surface area (Å²) in [6, 6.07) is 11.2. The first kappa shape index (κ1) is 25.5. The first-order valence-electron chi connectivity index (χ1n) is 10.4. The minimum atomic E-state index is -3.36. The van der Waals surface area contributed by atoms with E-state index in [0.717, 1.165) is 6.26 Å². The number of ether oxygens (including phenoxy) is 1. The van der Waals surface area contributed by atoms with Crippen LogP contribution < -0.4 is 20.9 Å². The van der Waals surface area contributed by atoms with Crippen LogP contribution in [-0.4, -0.2) is 64.1 Å². The Hall–Kier alpha value is -3.15. The molecule has 1 unspecified atom stereocenters. The summed E-state index contributed by atoms with van der Waals surface area (Å²) in [6.07, 6.45) is 0.945. The van der Waals surface area contributed by atoms with Gasteiger partial charge >= 0.3 is 6.03 Å². The third kappa shape index (κ3) is 7.72. The monoisotopic (exact) mass is 508 g/mol. The van der Waals surface area contributed by atoms with E-state index in [-0.39, 0.29) is 24.7 Å². The van der Waals surface area contributed by atoms with Gasteiger partial charge in [-0.3, -0.25) is 9.59 Å². The van der Waals surface area contributed by atoms with Crippen LogP contribution in [-0.2, 0) is 24.2 Å². The predicted octanol–water partition coefficient (Wildman–Crippen LogP) is 2.27. The van der Waals surface area contributed by atoms with E-state index in [9.17, 15) is 22.8 Å². The number of halogens is 1. The summed E-state index contributed by atoms with van der Waals surface area (Å²) in [6.45, 7) is 0.894. The largest absolute Gasteiger partial charge is 0.370 e. The standard InChI is InChI=1S/C22H25ClN4O6S/c1-34(31,32)13-10-19(26-22(30)25-17-4-2-15(23)3-5-17)21(29)24-16-6-8-18(9-7-16)27-11-12-33-14-20(27)28/h2-9,19H,10-14H2,1H3,(H,24,29)(H2,25,26,30). The maximum atomic E-state index is 12.9. The highest BCUT2D eigenvalue weighted by atomic mass is 35.5. The maximum Gasteiger partial charge on any atom is 0.319 e. The Morgan fingerprint density at radius 3 is 2.29 bits per heavy atom. The second kappa shape index (κ2) is 11.3. The molecule has 0 saturated carbocycles. The molecule has 182 valence electrons. The highest BCUT2D eigenvalue weighted by Crippen LogP contribution is 2.20. The lowest BCUT2D eigenvalue weighted by molar-refractivity contribution is -0.125. The van der Waals surface area contributed by atoms with Gasteiger partial charge < -0.3 is 25.6 Å². The minimum absolute atomic E-state index is 0.0181. The average molecular weight is 509 g/mol. The van der Waals surface area contributed by atoms with Crippen molar-refractivity contribution < 1.29 is 27.5 Å². The third-order valence-corrected chi connectivity index (χ3v) is 6.16. The van der Waals surface area contributed by atoms with E-state index in [1.807, 2.05) is 0 Å². The molecule has 0 radical (unpaired) electrons. The molecule has 1 atom stereocenters. The molecule has 1 fully saturated rings. The molecule has 0 spiro atoms. The molecule has 12 heteroatoms. The Morgan fingerprint density at radius 2 is 1.68 bits per heavy atom. The summed E-state index contributed by atoms with van der Waals surface area (Å²) in [7, 11) is -3.36. The van der Waals surface area contributed by atoms with Crippen molar-refractivity contribution in [1.29, 1.82) is 0 Å². The van der Waals surface area contributed by atoms with E-state index < -0.39 is 27.8 Å². The lowest BCUT2D eigenvalue weighted by atomic mass is 10.2. The SMILES string of the molecule is CS(=O)(=O)CCC(NC(=O)Nc1ccc(Cl)cc1)C(=O)Nc1ccc(N2CCOCC2=O)cc1. The highest BCUT2D eigenvalue weighted by molar-refractivity contribution is 7.90. The molecule has 10 nitrogen and oxygen atoms in total. The summed E-state index contributed by atoms with van der Waals surface area (Å²) in [5.74, 6) is -1.02. The minimum Gasteiger partial charge on any atom is -0.370 e. The number of rotatable bonds is 8. The van der Waals surface area contributed by atoms with Crippen LogP contribution in [0.5, 0.6) is 0 Å². The van der Waals surface area contributed by atoms with Gasteiger partial charge in [-0.2, -0.15) is 0 Å². The molecular weight excluding hydrogens is 484 g/mol. The zero-order valence-electron chi connectivity index (χ0n) is 18.4. The Balaban J connectivity index is 1.65. The van der Waals surface area contributed by atoms with Gasteiger partial charge in [-0.25, -0.2) is 13.2 Å². The number of urea groups is 1. The lowest BCUT2D eigenvalue weighted by Crippen LogP contribution is -2.46. The van der Waals surface area contributed by atoms with Gasteiger partial charge in [0.2, 0.25) is 5.91 Å². The fourth-order valence-electron chi connectivity index (χ4n) is 3.20. The van der Waals surface area contributed by atoms with Crippen LogP contribution >= 0.6 is 11.6 Å². The van der Waals surface area contributed by atoms with Gasteiger partial charge in [0, 0.05) is 34.9 Å². The molecule has 3 N–H and O–H groups in total. The molecule has 34 heavy (non-hydrogen) atoms. The number of nitrogens with one attached hydrogen (secondary N) is 3. The van der Waals surface area contributed by atoms with Gasteiger partial charge in [0.25, 0.3) is 5.91 Å². The molecule has 0 aliphatic carbocycles. The summed E-state index contributed by atoms with van der Waals surface area (Å²) in [5.41, 5.74) is 1.55. The smallest absolute Gasteiger partial charge is 0.319 e. The molecule has 1 aliphatic rings. The van der Waals surface area contributed by atoms with Crippen molar-refractivity contribution in [2.45, 2.75) is 12.5 Å². The fourth-order valence-corrected chi connectivity index (χ4v) is 3.99. The van der Waals surface area contributed by atoms with Gasteiger partial charge in [0.1, 0.15) is 22.5 Å². The number of amides is 4. The Kier molecular flexibility index (Phi) is 8.48. The Morgan fingerprint density at radius 1 is 1.06 bits per heavy atom. The number of hydrogen-bond donors (Lipinski definition) is 3. The Labute approximate surface area is 202 Å². The number of anilines is 3. The number of hydrogen-bond acceptors (Lipinski definition) is 6. The average Bonchev–Trinajstić information content (AvgIpc) is 2.78. The van der Waals surface area contributed by atoms with Crippen LogP contribution in [0.3, 0.4) is 0 Å². The number of nitrogens with zero attached hydrogens (tertiary/aromatic N) is 1. The van der Waals surface area contributed by atoms with Gasteiger partial charge in [0.15, 0.2) is 0 Å². The van der Waals surface area contributed by atoms with E-state index in [1.54, 1.807) is 53.4 Å². The second-order valence-corrected chi connectivity index (χ2v) is 10.4. The van der Waals surface area contributed by atoms with E-state index >= 15 is 0 Å². The topological polar surface area (TPSA) is 134 Å². The first-order valence-corrected chi connectivity index (χ1v) is 12.8. The third-order valence-electron chi connectivity index (χ3n) is 4.93. The van der Waals surface area contributed by atoms with Gasteiger partial charge in [-0.1, -0.05) is 11.6 Å². The molecule has 1 saturated heterocycles. The Bertz CT molecular complexity index is 1140. The van der Waals surface area contributed by atoms with Crippen LogP contribution in [0.2, 0.25) is 5.02 Å². The lowest BCUT2D eigenvalue weighted by Gasteiger charge is -2.27. The van der Waals surface area contributed by atoms with E-state index in [2.05, 4.69) is 16.0 Å². The molecule has 2 aromatic rings. The number of sulfone groups is 1. The number of carbonyl (C=O) groups is 3. The van der Waals surface area contributed by atoms with Gasteiger partial charge in [-0.05, 0) is 55.0 Å². The zero-order valence-corrected chi connectivity index (χ0v) is 20.0. The highest BCUT2D eigenvalue weighted by Gasteiger charge is 2.24. The molecule has 2 aromatic carbocycles. The predicted molar refractivity (Wildman–Crippen MR) is 130 cm³/mol. The van der Waals surface area contributed by atoms with Crippen molar-refractivity contribution in [3.05, 3.63) is 53.6 Å². The summed E-state index contributed by atoms with van der Waals surface area (Å²) < 4.78 is 28.4. The molecule has 3 rings (SSSR count). The van der Waals surface area contributed by atoms with Crippen LogP contribution in [0.15, 0.2) is 48.5 Å². The number of morpholine rings is 1. The van der Waals surface area contributed by atoms with Crippen LogP contribution in [0.4, 0.5) is 21.9 Å². The van der Waals surface area contributed by atoms with Crippen molar-refractivity contribution in [3.63, 3.8) is 0 Å². The van der Waals surface area contributed by atoms with Crippen LogP contribution in [0.25, 0.3) is 0 Å². The summed E-state index contributed by atoms with van der Waals surface area (Å²) in [5, 5.41) is 8.27. The van der Waals surface area contributed by atoms with Crippen molar-refractivity contribution in [2.24, 2.45) is 0 Å². The maximum absolute atomic E-state index is 12.9. The second-order valence-electron chi connectivity index (χ2n) is 7.71. The van der Waals surface area contributed by atoms with Gasteiger partial charge in [-0.15, -0.1) is 0 Å². The normalized spacial score (nSPS) is 14.9. The summed E-state index contributed by atoms with van der Waals surface area (Å²) in [4.78, 5) is 38.8. The molecular formula is C22H25ClN4O6S. The van der Waals surface area contributed by atoms with Crippen LogP contribution in [0, 0.1) is 0 Å². The molecule has 1 aliphatic heterocycles. The van der Waals surface area contributed by atoms with Crippen molar-refractivity contribution in [1.82, 2.24) is 5.32 Å². The zero-order chi connectivity index (χ0) is 24.7. The molecule has 4 amide bonds. The van der Waals surface area contributed by atoms with E-state index in [0.29, 0.717) is 35.2 Å². The fraction of sp³-hybridized carbons (Fsp3) is 0.318. The van der Waals surface area contributed by atoms with E-state index in [4.69, 9.17) is 16.3 Å². The number of benzene rings is 2. The first-order chi connectivity index (χ1) is 16.1. The van der Waals surface area contributed by atoms with Crippen molar-refractivity contribution in [3.8, 4) is 0 Å². The van der Waals surface area contributed by atoms with Crippen molar-refractivity contribution >= 4 is 56.3 Å². The summed E-state index contributed by atoms with van der Waals surface area (Å²) >= 11 is 5.83. The number of carbonyl (C=O) groups excluding carboxylic acids is 3. The quantitative estimate of drug-likeness (QED) is 0.501. The molecule has 0 aromatic heterocycles. The van der Waals surface area contributed by atoms with Gasteiger partial charge in [0.05, 0.1) is 12.4 Å². The molecule has 0 bridgehead atoms. The molecule has 1 heterocycles.